The first kappa shape index (κ1) is 12.4. The van der Waals surface area contributed by atoms with Crippen LogP contribution in [0.3, 0.4) is 0 Å². The third kappa shape index (κ3) is 3.22. The van der Waals surface area contributed by atoms with Crippen molar-refractivity contribution >= 4 is 5.69 Å². The van der Waals surface area contributed by atoms with Crippen LogP contribution in [-0.2, 0) is 6.42 Å². The monoisotopic (exact) mass is 232 g/mol. The van der Waals surface area contributed by atoms with Gasteiger partial charge in [-0.25, -0.2) is 0 Å². The van der Waals surface area contributed by atoms with Gasteiger partial charge in [-0.05, 0) is 69.6 Å². The second kappa shape index (κ2) is 5.54. The quantitative estimate of drug-likeness (QED) is 0.861. The Morgan fingerprint density at radius 2 is 2.00 bits per heavy atom. The lowest BCUT2D eigenvalue weighted by atomic mass is 10.0. The van der Waals surface area contributed by atoms with Gasteiger partial charge in [-0.2, -0.15) is 0 Å². The number of hydrogen-bond acceptors (Lipinski definition) is 2. The van der Waals surface area contributed by atoms with Gasteiger partial charge in [-0.15, -0.1) is 0 Å². The summed E-state index contributed by atoms with van der Waals surface area (Å²) in [4.78, 5) is 2.41. The third-order valence-corrected chi connectivity index (χ3v) is 3.82. The third-order valence-electron chi connectivity index (χ3n) is 3.82. The normalized spacial score (nSPS) is 18.3. The van der Waals surface area contributed by atoms with Crippen LogP contribution >= 0.6 is 0 Å². The molecule has 1 aromatic rings. The number of hydrogen-bond donors (Lipinski definition) is 1. The first-order valence-electron chi connectivity index (χ1n) is 6.73. The van der Waals surface area contributed by atoms with Crippen LogP contribution in [0, 0.1) is 6.92 Å². The Hall–Kier alpha value is -1.02. The standard InChI is InChI=1S/C15H24N2/c1-4-13-11-15(6-5-12(13)2)16-14-7-9-17(3)10-8-14/h5-6,11,14,16H,4,7-10H2,1-3H3. The van der Waals surface area contributed by atoms with E-state index in [2.05, 4.69) is 49.3 Å². The van der Waals surface area contributed by atoms with Crippen LogP contribution < -0.4 is 5.32 Å². The smallest absolute Gasteiger partial charge is 0.0345 e. The van der Waals surface area contributed by atoms with Gasteiger partial charge in [0, 0.05) is 11.7 Å². The van der Waals surface area contributed by atoms with E-state index in [1.807, 2.05) is 0 Å². The highest BCUT2D eigenvalue weighted by molar-refractivity contribution is 5.49. The summed E-state index contributed by atoms with van der Waals surface area (Å²) in [7, 11) is 2.21. The minimum Gasteiger partial charge on any atom is -0.382 e. The van der Waals surface area contributed by atoms with E-state index in [1.54, 1.807) is 0 Å². The Bertz CT molecular complexity index is 365. The van der Waals surface area contributed by atoms with Gasteiger partial charge in [0.15, 0.2) is 0 Å². The summed E-state index contributed by atoms with van der Waals surface area (Å²) < 4.78 is 0. The molecule has 1 aliphatic heterocycles. The van der Waals surface area contributed by atoms with Crippen molar-refractivity contribution in [2.45, 2.75) is 39.2 Å². The molecule has 1 fully saturated rings. The molecule has 2 nitrogen and oxygen atoms in total. The van der Waals surface area contributed by atoms with Crippen molar-refractivity contribution in [1.82, 2.24) is 4.90 Å². The number of likely N-dealkylation sites (tertiary alicyclic amines) is 1. The molecular weight excluding hydrogens is 208 g/mol. The first-order valence-corrected chi connectivity index (χ1v) is 6.73. The van der Waals surface area contributed by atoms with Crippen molar-refractivity contribution in [3.05, 3.63) is 29.3 Å². The molecule has 0 spiro atoms. The summed E-state index contributed by atoms with van der Waals surface area (Å²) in [6.45, 7) is 6.84. The molecular formula is C15H24N2. The minimum absolute atomic E-state index is 0.651. The molecule has 0 aromatic heterocycles. The summed E-state index contributed by atoms with van der Waals surface area (Å²) in [5.74, 6) is 0. The maximum Gasteiger partial charge on any atom is 0.0345 e. The van der Waals surface area contributed by atoms with Crippen molar-refractivity contribution in [2.24, 2.45) is 0 Å². The van der Waals surface area contributed by atoms with E-state index >= 15 is 0 Å². The van der Waals surface area contributed by atoms with Gasteiger partial charge in [-0.1, -0.05) is 13.0 Å². The van der Waals surface area contributed by atoms with Crippen molar-refractivity contribution in [3.8, 4) is 0 Å². The summed E-state index contributed by atoms with van der Waals surface area (Å²) in [6, 6.07) is 7.41. The average molecular weight is 232 g/mol. The van der Waals surface area contributed by atoms with Crippen LogP contribution in [0.15, 0.2) is 18.2 Å². The van der Waals surface area contributed by atoms with Crippen molar-refractivity contribution in [3.63, 3.8) is 0 Å². The maximum atomic E-state index is 3.68. The molecule has 0 unspecified atom stereocenters. The zero-order valence-corrected chi connectivity index (χ0v) is 11.3. The van der Waals surface area contributed by atoms with Gasteiger partial charge >= 0.3 is 0 Å². The van der Waals surface area contributed by atoms with Crippen LogP contribution in [-0.4, -0.2) is 31.1 Å². The summed E-state index contributed by atoms with van der Waals surface area (Å²) in [6.07, 6.45) is 3.63. The predicted octanol–water partition coefficient (Wildman–Crippen LogP) is 3.06. The molecule has 17 heavy (non-hydrogen) atoms. The second-order valence-electron chi connectivity index (χ2n) is 5.22. The Kier molecular flexibility index (Phi) is 4.06. The highest BCUT2D eigenvalue weighted by atomic mass is 15.1. The fourth-order valence-electron chi connectivity index (χ4n) is 2.53. The van der Waals surface area contributed by atoms with Crippen LogP contribution in [0.4, 0.5) is 5.69 Å². The number of aryl methyl sites for hydroxylation is 2. The Morgan fingerprint density at radius 3 is 2.65 bits per heavy atom. The minimum atomic E-state index is 0.651. The van der Waals surface area contributed by atoms with E-state index in [9.17, 15) is 0 Å². The summed E-state index contributed by atoms with van der Waals surface area (Å²) in [5.41, 5.74) is 4.16. The first-order chi connectivity index (χ1) is 8.19. The number of piperidine rings is 1. The lowest BCUT2D eigenvalue weighted by molar-refractivity contribution is 0.264. The van der Waals surface area contributed by atoms with Gasteiger partial charge in [-0.3, -0.25) is 0 Å². The summed E-state index contributed by atoms with van der Waals surface area (Å²) in [5, 5.41) is 3.68. The number of benzene rings is 1. The van der Waals surface area contributed by atoms with E-state index in [0.29, 0.717) is 6.04 Å². The van der Waals surface area contributed by atoms with Gasteiger partial charge in [0.25, 0.3) is 0 Å². The van der Waals surface area contributed by atoms with Gasteiger partial charge in [0.2, 0.25) is 0 Å². The van der Waals surface area contributed by atoms with Crippen LogP contribution in [0.1, 0.15) is 30.9 Å². The molecule has 0 radical (unpaired) electrons. The molecule has 1 saturated heterocycles. The molecule has 2 rings (SSSR count). The fourth-order valence-corrected chi connectivity index (χ4v) is 2.53. The molecule has 1 aromatic carbocycles. The topological polar surface area (TPSA) is 15.3 Å². The van der Waals surface area contributed by atoms with E-state index in [-0.39, 0.29) is 0 Å². The number of nitrogens with one attached hydrogen (secondary N) is 1. The second-order valence-corrected chi connectivity index (χ2v) is 5.22. The molecule has 0 bridgehead atoms. The molecule has 1 aliphatic rings. The van der Waals surface area contributed by atoms with Crippen LogP contribution in [0.2, 0.25) is 0 Å². The van der Waals surface area contributed by atoms with Crippen molar-refractivity contribution < 1.29 is 0 Å². The van der Waals surface area contributed by atoms with Gasteiger partial charge in [0.05, 0.1) is 0 Å². The molecule has 0 atom stereocenters. The highest BCUT2D eigenvalue weighted by Crippen LogP contribution is 2.19. The molecule has 0 saturated carbocycles. The number of nitrogens with zero attached hydrogens (tertiary/aromatic N) is 1. The van der Waals surface area contributed by atoms with Crippen molar-refractivity contribution in [2.75, 3.05) is 25.5 Å². The lowest BCUT2D eigenvalue weighted by Gasteiger charge is -2.30. The van der Waals surface area contributed by atoms with Crippen molar-refractivity contribution in [1.29, 1.82) is 0 Å². The number of rotatable bonds is 3. The molecule has 94 valence electrons. The lowest BCUT2D eigenvalue weighted by Crippen LogP contribution is -2.36. The molecule has 0 aliphatic carbocycles. The van der Waals surface area contributed by atoms with Crippen LogP contribution in [0.5, 0.6) is 0 Å². The highest BCUT2D eigenvalue weighted by Gasteiger charge is 2.16. The van der Waals surface area contributed by atoms with E-state index in [4.69, 9.17) is 0 Å². The molecule has 0 amide bonds. The number of anilines is 1. The Balaban J connectivity index is 1.99. The molecule has 1 heterocycles. The fraction of sp³-hybridized carbons (Fsp3) is 0.600. The zero-order chi connectivity index (χ0) is 12.3. The largest absolute Gasteiger partial charge is 0.382 e. The Morgan fingerprint density at radius 1 is 1.29 bits per heavy atom. The zero-order valence-electron chi connectivity index (χ0n) is 11.3. The molecule has 1 N–H and O–H groups in total. The van der Waals surface area contributed by atoms with E-state index < -0.39 is 0 Å². The molecule has 2 heteroatoms. The van der Waals surface area contributed by atoms with Gasteiger partial charge < -0.3 is 10.2 Å². The van der Waals surface area contributed by atoms with E-state index in [0.717, 1.165) is 6.42 Å². The summed E-state index contributed by atoms with van der Waals surface area (Å²) >= 11 is 0. The van der Waals surface area contributed by atoms with Gasteiger partial charge in [0.1, 0.15) is 0 Å². The van der Waals surface area contributed by atoms with Crippen LogP contribution in [0.25, 0.3) is 0 Å². The maximum absolute atomic E-state index is 3.68. The average Bonchev–Trinajstić information content (AvgIpc) is 2.34. The predicted molar refractivity (Wildman–Crippen MR) is 74.7 cm³/mol. The SMILES string of the molecule is CCc1cc(NC2CCN(C)CC2)ccc1C. The van der Waals surface area contributed by atoms with E-state index in [1.165, 1.54) is 42.7 Å². The Labute approximate surface area is 105 Å².